The Morgan fingerprint density at radius 2 is 1.69 bits per heavy atom. The van der Waals surface area contributed by atoms with E-state index in [0.717, 1.165) is 10.6 Å². The van der Waals surface area contributed by atoms with Crippen LogP contribution in [0.3, 0.4) is 0 Å². The molecule has 1 aromatic carbocycles. The Balaban J connectivity index is 0.000000293. The molecule has 0 aliphatic carbocycles. The number of hydrogen-bond acceptors (Lipinski definition) is 3. The molecule has 0 saturated carbocycles. The van der Waals surface area contributed by atoms with Crippen molar-refractivity contribution in [1.82, 2.24) is 0 Å². The number of carbonyl (C=O) groups is 1. The molecule has 0 aliphatic heterocycles. The van der Waals surface area contributed by atoms with E-state index in [0.29, 0.717) is 0 Å². The van der Waals surface area contributed by atoms with Crippen molar-refractivity contribution in [2.24, 2.45) is 0 Å². The van der Waals surface area contributed by atoms with Gasteiger partial charge in [0.15, 0.2) is 0 Å². The molecule has 0 spiro atoms. The summed E-state index contributed by atoms with van der Waals surface area (Å²) >= 11 is 4.11. The molecule has 0 heterocycles. The molecule has 0 aliphatic rings. The van der Waals surface area contributed by atoms with Crippen molar-refractivity contribution in [3.8, 4) is 5.75 Å². The third-order valence-corrected chi connectivity index (χ3v) is 1.61. The van der Waals surface area contributed by atoms with Crippen LogP contribution >= 0.6 is 12.6 Å². The Hall–Kier alpha value is -1.37. The number of hydrogen-bond donors (Lipinski definition) is 2. The molecule has 0 fully saturated rings. The van der Waals surface area contributed by atoms with E-state index in [1.165, 1.54) is 0 Å². The smallest absolute Gasteiger partial charge is 0.490 e. The van der Waals surface area contributed by atoms with Gasteiger partial charge in [0.05, 0.1) is 7.11 Å². The fourth-order valence-electron chi connectivity index (χ4n) is 0.582. The molecule has 0 amide bonds. The average Bonchev–Trinajstić information content (AvgIpc) is 2.18. The third-order valence-electron chi connectivity index (χ3n) is 1.31. The van der Waals surface area contributed by atoms with Crippen molar-refractivity contribution in [3.63, 3.8) is 0 Å². The number of methoxy groups -OCH3 is 1. The van der Waals surface area contributed by atoms with E-state index in [1.807, 2.05) is 24.3 Å². The molecule has 0 bridgehead atoms. The van der Waals surface area contributed by atoms with Gasteiger partial charge in [-0.25, -0.2) is 4.79 Å². The average molecular weight is 254 g/mol. The van der Waals surface area contributed by atoms with Gasteiger partial charge in [-0.2, -0.15) is 13.2 Å². The minimum Gasteiger partial charge on any atom is -0.497 e. The number of benzene rings is 1. The van der Waals surface area contributed by atoms with Gasteiger partial charge >= 0.3 is 12.1 Å². The van der Waals surface area contributed by atoms with Gasteiger partial charge < -0.3 is 9.84 Å². The van der Waals surface area contributed by atoms with Gasteiger partial charge in [0.2, 0.25) is 0 Å². The summed E-state index contributed by atoms with van der Waals surface area (Å²) < 4.78 is 36.7. The number of carboxylic acids is 1. The first-order valence-electron chi connectivity index (χ1n) is 3.90. The standard InChI is InChI=1S/C7H8OS.C2HF3O2/c1-8-6-2-4-7(9)5-3-6;3-2(4,5)1(6)7/h2-5,9H,1H3;(H,6,7). The predicted molar refractivity (Wildman–Crippen MR) is 53.9 cm³/mol. The van der Waals surface area contributed by atoms with Crippen LogP contribution in [-0.4, -0.2) is 24.4 Å². The second kappa shape index (κ2) is 6.26. The molecule has 0 aromatic heterocycles. The lowest BCUT2D eigenvalue weighted by Crippen LogP contribution is -2.21. The number of ether oxygens (including phenoxy) is 1. The summed E-state index contributed by atoms with van der Waals surface area (Å²) in [5, 5.41) is 7.12. The molecule has 7 heteroatoms. The SMILES string of the molecule is COc1ccc(S)cc1.O=C(O)C(F)(F)F. The number of carboxylic acid groups (broad SMARTS) is 1. The van der Waals surface area contributed by atoms with Crippen LogP contribution in [0.5, 0.6) is 5.75 Å². The van der Waals surface area contributed by atoms with Gasteiger partial charge in [-0.1, -0.05) is 0 Å². The van der Waals surface area contributed by atoms with Crippen LogP contribution in [0.25, 0.3) is 0 Å². The highest BCUT2D eigenvalue weighted by molar-refractivity contribution is 7.80. The first-order valence-corrected chi connectivity index (χ1v) is 4.35. The lowest BCUT2D eigenvalue weighted by molar-refractivity contribution is -0.192. The van der Waals surface area contributed by atoms with Gasteiger partial charge in [-0.3, -0.25) is 0 Å². The highest BCUT2D eigenvalue weighted by Gasteiger charge is 2.38. The zero-order valence-electron chi connectivity index (χ0n) is 8.15. The predicted octanol–water partition coefficient (Wildman–Crippen LogP) is 2.62. The molecule has 0 saturated heterocycles. The van der Waals surface area contributed by atoms with Crippen LogP contribution in [0, 0.1) is 0 Å². The number of alkyl halides is 3. The first kappa shape index (κ1) is 14.6. The molecule has 16 heavy (non-hydrogen) atoms. The Morgan fingerprint density at radius 1 is 1.31 bits per heavy atom. The minimum atomic E-state index is -5.08. The van der Waals surface area contributed by atoms with Gasteiger partial charge in [0.25, 0.3) is 0 Å². The monoisotopic (exact) mass is 254 g/mol. The summed E-state index contributed by atoms with van der Waals surface area (Å²) in [4.78, 5) is 9.85. The molecular formula is C9H9F3O3S. The van der Waals surface area contributed by atoms with Gasteiger partial charge in [0.1, 0.15) is 5.75 Å². The molecule has 1 N–H and O–H groups in total. The van der Waals surface area contributed by atoms with Crippen LogP contribution < -0.4 is 4.74 Å². The fraction of sp³-hybridized carbons (Fsp3) is 0.222. The van der Waals surface area contributed by atoms with Crippen LogP contribution in [0.4, 0.5) is 13.2 Å². The number of aliphatic carboxylic acids is 1. The zero-order chi connectivity index (χ0) is 12.8. The maximum atomic E-state index is 10.6. The van der Waals surface area contributed by atoms with E-state index in [-0.39, 0.29) is 0 Å². The molecule has 0 unspecified atom stereocenters. The second-order valence-electron chi connectivity index (χ2n) is 2.50. The lowest BCUT2D eigenvalue weighted by atomic mass is 10.3. The summed E-state index contributed by atoms with van der Waals surface area (Å²) in [6, 6.07) is 7.54. The summed E-state index contributed by atoms with van der Waals surface area (Å²) in [6.07, 6.45) is -5.08. The van der Waals surface area contributed by atoms with Crippen molar-refractivity contribution < 1.29 is 27.8 Å². The van der Waals surface area contributed by atoms with Gasteiger partial charge in [0, 0.05) is 4.90 Å². The summed E-state index contributed by atoms with van der Waals surface area (Å²) in [6.45, 7) is 0. The molecule has 90 valence electrons. The van der Waals surface area contributed by atoms with E-state index < -0.39 is 12.1 Å². The van der Waals surface area contributed by atoms with Crippen molar-refractivity contribution in [2.45, 2.75) is 11.1 Å². The molecule has 0 atom stereocenters. The molecular weight excluding hydrogens is 245 g/mol. The Kier molecular flexibility index (Phi) is 5.73. The quantitative estimate of drug-likeness (QED) is 0.757. The summed E-state index contributed by atoms with van der Waals surface area (Å²) in [5.74, 6) is -1.89. The minimum absolute atomic E-state index is 0.868. The Bertz CT molecular complexity index is 335. The second-order valence-corrected chi connectivity index (χ2v) is 3.02. The first-order chi connectivity index (χ1) is 7.27. The van der Waals surface area contributed by atoms with E-state index >= 15 is 0 Å². The highest BCUT2D eigenvalue weighted by atomic mass is 32.1. The third kappa shape index (κ3) is 6.18. The molecule has 1 rings (SSSR count). The number of halogens is 3. The maximum Gasteiger partial charge on any atom is 0.490 e. The van der Waals surface area contributed by atoms with Crippen molar-refractivity contribution in [1.29, 1.82) is 0 Å². The molecule has 1 aromatic rings. The van der Waals surface area contributed by atoms with E-state index in [1.54, 1.807) is 7.11 Å². The van der Waals surface area contributed by atoms with Crippen LogP contribution in [0.2, 0.25) is 0 Å². The Morgan fingerprint density at radius 3 is 1.94 bits per heavy atom. The van der Waals surface area contributed by atoms with Crippen LogP contribution in [0.15, 0.2) is 29.2 Å². The van der Waals surface area contributed by atoms with E-state index in [2.05, 4.69) is 12.6 Å². The maximum absolute atomic E-state index is 10.6. The topological polar surface area (TPSA) is 46.5 Å². The number of rotatable bonds is 1. The summed E-state index contributed by atoms with van der Waals surface area (Å²) in [5.41, 5.74) is 0. The fourth-order valence-corrected chi connectivity index (χ4v) is 0.731. The van der Waals surface area contributed by atoms with Gasteiger partial charge in [-0.05, 0) is 24.3 Å². The zero-order valence-corrected chi connectivity index (χ0v) is 9.05. The molecule has 0 radical (unpaired) electrons. The highest BCUT2D eigenvalue weighted by Crippen LogP contribution is 2.13. The number of thiol groups is 1. The van der Waals surface area contributed by atoms with E-state index in [9.17, 15) is 13.2 Å². The lowest BCUT2D eigenvalue weighted by Gasteiger charge is -1.96. The normalized spacial score (nSPS) is 10.1. The van der Waals surface area contributed by atoms with Gasteiger partial charge in [-0.15, -0.1) is 12.6 Å². The Labute approximate surface area is 95.3 Å². The van der Waals surface area contributed by atoms with E-state index in [4.69, 9.17) is 14.6 Å². The van der Waals surface area contributed by atoms with Crippen molar-refractivity contribution in [3.05, 3.63) is 24.3 Å². The molecule has 3 nitrogen and oxygen atoms in total. The summed E-state index contributed by atoms with van der Waals surface area (Å²) in [7, 11) is 1.65. The van der Waals surface area contributed by atoms with Crippen LogP contribution in [0.1, 0.15) is 0 Å². The van der Waals surface area contributed by atoms with Crippen molar-refractivity contribution >= 4 is 18.6 Å². The van der Waals surface area contributed by atoms with Crippen LogP contribution in [-0.2, 0) is 4.79 Å². The largest absolute Gasteiger partial charge is 0.497 e. The van der Waals surface area contributed by atoms with Crippen molar-refractivity contribution in [2.75, 3.05) is 7.11 Å².